The molecule has 0 aliphatic carbocycles. The van der Waals surface area contributed by atoms with Gasteiger partial charge in [-0.25, -0.2) is 4.79 Å². The fraction of sp³-hybridized carbons (Fsp3) is 0.143. The van der Waals surface area contributed by atoms with Crippen LogP contribution < -0.4 is 15.5 Å². The number of fused-ring (bicyclic) bond motifs is 3. The number of hydrogen-bond donors (Lipinski definition) is 0. The maximum atomic E-state index is 12.3. The minimum atomic E-state index is -1.38. The highest BCUT2D eigenvalue weighted by Gasteiger charge is 2.14. The maximum absolute atomic E-state index is 12.3. The monoisotopic (exact) mass is 363 g/mol. The van der Waals surface area contributed by atoms with E-state index in [1.165, 1.54) is 6.07 Å². The number of aryl methyl sites for hydroxylation is 2. The number of carboxylic acids is 1. The van der Waals surface area contributed by atoms with E-state index in [-0.39, 0.29) is 12.4 Å². The summed E-state index contributed by atoms with van der Waals surface area (Å²) in [6.45, 7) is 3.58. The number of carbonyl (C=O) groups is 1. The summed E-state index contributed by atoms with van der Waals surface area (Å²) >= 11 is 0. The van der Waals surface area contributed by atoms with Crippen LogP contribution in [0, 0.1) is 13.8 Å². The molecule has 0 bridgehead atoms. The summed E-state index contributed by atoms with van der Waals surface area (Å²) in [5.74, 6) is -0.625. The molecule has 0 fully saturated rings. The molecule has 27 heavy (non-hydrogen) atoms. The first-order valence-corrected chi connectivity index (χ1v) is 8.34. The number of benzene rings is 2. The maximum Gasteiger partial charge on any atom is 0.344 e. The van der Waals surface area contributed by atoms with Crippen molar-refractivity contribution in [2.24, 2.45) is 0 Å². The molecule has 2 aromatic carbocycles. The third kappa shape index (κ3) is 2.85. The molecule has 0 N–H and O–H groups in total. The first kappa shape index (κ1) is 16.9. The van der Waals surface area contributed by atoms with Gasteiger partial charge in [-0.1, -0.05) is 18.2 Å². The van der Waals surface area contributed by atoms with Crippen LogP contribution >= 0.6 is 0 Å². The summed E-state index contributed by atoms with van der Waals surface area (Å²) in [5, 5.41) is 13.1. The molecule has 0 radical (unpaired) electrons. The summed E-state index contributed by atoms with van der Waals surface area (Å²) in [5.41, 5.74) is 1.36. The van der Waals surface area contributed by atoms with Crippen molar-refractivity contribution in [1.82, 2.24) is 0 Å². The van der Waals surface area contributed by atoms with E-state index in [9.17, 15) is 14.7 Å². The van der Waals surface area contributed by atoms with Gasteiger partial charge >= 0.3 is 5.63 Å². The second-order valence-corrected chi connectivity index (χ2v) is 6.27. The Hall–Kier alpha value is -3.54. The van der Waals surface area contributed by atoms with Gasteiger partial charge in [0.2, 0.25) is 0 Å². The van der Waals surface area contributed by atoms with Crippen LogP contribution in [0.4, 0.5) is 0 Å². The molecule has 0 amide bonds. The van der Waals surface area contributed by atoms with Crippen molar-refractivity contribution < 1.29 is 23.5 Å². The van der Waals surface area contributed by atoms with Crippen molar-refractivity contribution in [2.45, 2.75) is 20.5 Å². The summed E-state index contributed by atoms with van der Waals surface area (Å²) in [7, 11) is 0. The van der Waals surface area contributed by atoms with Crippen LogP contribution in [0.1, 0.15) is 27.4 Å². The van der Waals surface area contributed by atoms with Crippen LogP contribution in [0.5, 0.6) is 5.75 Å². The zero-order valence-electron chi connectivity index (χ0n) is 14.7. The van der Waals surface area contributed by atoms with Gasteiger partial charge in [-0.15, -0.1) is 0 Å². The molecule has 0 atom stereocenters. The van der Waals surface area contributed by atoms with Gasteiger partial charge in [0.25, 0.3) is 0 Å². The van der Waals surface area contributed by atoms with E-state index in [2.05, 4.69) is 0 Å². The summed E-state index contributed by atoms with van der Waals surface area (Å²) < 4.78 is 16.5. The molecular weight excluding hydrogens is 348 g/mol. The minimum absolute atomic E-state index is 0.118. The molecule has 4 rings (SSSR count). The summed E-state index contributed by atoms with van der Waals surface area (Å²) in [4.78, 5) is 23.2. The molecule has 0 unspecified atom stereocenters. The van der Waals surface area contributed by atoms with E-state index >= 15 is 0 Å². The second kappa shape index (κ2) is 6.32. The predicted molar refractivity (Wildman–Crippen MR) is 96.8 cm³/mol. The standard InChI is InChI=1S/C21H16O6/c1-11-17(25-10-13-9-18(20(22)23)26-12(13)2)8-7-15-14-5-3-4-6-16(14)21(24)27-19(11)15/h3-9H,10H2,1-2H3,(H,22,23)/p-1. The van der Waals surface area contributed by atoms with Crippen LogP contribution in [0.3, 0.4) is 0 Å². The second-order valence-electron chi connectivity index (χ2n) is 6.27. The number of carbonyl (C=O) groups excluding carboxylic acids is 1. The number of carboxylic acid groups (broad SMARTS) is 1. The quantitative estimate of drug-likeness (QED) is 0.409. The first-order valence-electron chi connectivity index (χ1n) is 8.34. The Bertz CT molecular complexity index is 1240. The van der Waals surface area contributed by atoms with Crippen molar-refractivity contribution in [1.29, 1.82) is 0 Å². The molecule has 6 nitrogen and oxygen atoms in total. The van der Waals surface area contributed by atoms with Gasteiger partial charge in [-0.2, -0.15) is 0 Å². The SMILES string of the molecule is Cc1oc(C(=O)[O-])cc1COc1ccc2c(oc(=O)c3ccccc32)c1C. The Morgan fingerprint density at radius 1 is 1.04 bits per heavy atom. The lowest BCUT2D eigenvalue weighted by Crippen LogP contribution is -2.21. The number of aromatic carboxylic acids is 1. The predicted octanol–water partition coefficient (Wildman–Crippen LogP) is 3.10. The van der Waals surface area contributed by atoms with Crippen molar-refractivity contribution in [3.05, 3.63) is 75.5 Å². The van der Waals surface area contributed by atoms with E-state index in [0.29, 0.717) is 33.6 Å². The van der Waals surface area contributed by atoms with Gasteiger partial charge in [0.1, 0.15) is 35.4 Å². The van der Waals surface area contributed by atoms with Crippen LogP contribution in [0.2, 0.25) is 0 Å². The van der Waals surface area contributed by atoms with Crippen LogP contribution in [-0.2, 0) is 6.61 Å². The Kier molecular flexibility index (Phi) is 3.96. The van der Waals surface area contributed by atoms with Crippen molar-refractivity contribution in [2.75, 3.05) is 0 Å². The number of ether oxygens (including phenoxy) is 1. The summed E-state index contributed by atoms with van der Waals surface area (Å²) in [6, 6.07) is 12.3. The Morgan fingerprint density at radius 2 is 1.78 bits per heavy atom. The lowest BCUT2D eigenvalue weighted by atomic mass is 10.0. The van der Waals surface area contributed by atoms with E-state index < -0.39 is 11.6 Å². The molecule has 2 aromatic heterocycles. The normalized spacial score (nSPS) is 11.2. The fourth-order valence-corrected chi connectivity index (χ4v) is 3.14. The zero-order chi connectivity index (χ0) is 19.1. The number of hydrogen-bond acceptors (Lipinski definition) is 6. The molecule has 4 aromatic rings. The average molecular weight is 363 g/mol. The lowest BCUT2D eigenvalue weighted by Gasteiger charge is -2.11. The van der Waals surface area contributed by atoms with Gasteiger partial charge in [0.15, 0.2) is 0 Å². The largest absolute Gasteiger partial charge is 0.542 e. The lowest BCUT2D eigenvalue weighted by molar-refractivity contribution is -0.257. The van der Waals surface area contributed by atoms with E-state index in [1.807, 2.05) is 25.1 Å². The molecule has 0 aliphatic heterocycles. The van der Waals surface area contributed by atoms with Crippen molar-refractivity contribution >= 4 is 27.7 Å². The minimum Gasteiger partial charge on any atom is -0.542 e. The molecular formula is C21H15O6-. The smallest absolute Gasteiger partial charge is 0.344 e. The van der Waals surface area contributed by atoms with Crippen LogP contribution in [0.25, 0.3) is 21.7 Å². The van der Waals surface area contributed by atoms with E-state index in [0.717, 1.165) is 10.8 Å². The molecule has 6 heteroatoms. The molecule has 0 saturated heterocycles. The molecule has 0 aliphatic rings. The van der Waals surface area contributed by atoms with Gasteiger partial charge < -0.3 is 23.5 Å². The fourth-order valence-electron chi connectivity index (χ4n) is 3.14. The number of furan rings is 1. The Labute approximate surface area is 153 Å². The third-order valence-electron chi connectivity index (χ3n) is 4.59. The zero-order valence-corrected chi connectivity index (χ0v) is 14.7. The van der Waals surface area contributed by atoms with Crippen LogP contribution in [-0.4, -0.2) is 5.97 Å². The highest BCUT2D eigenvalue weighted by Crippen LogP contribution is 2.31. The van der Waals surface area contributed by atoms with Crippen molar-refractivity contribution in [3.8, 4) is 5.75 Å². The van der Waals surface area contributed by atoms with Gasteiger partial charge in [0.05, 0.1) is 5.39 Å². The van der Waals surface area contributed by atoms with E-state index in [1.54, 1.807) is 25.1 Å². The Balaban J connectivity index is 1.73. The molecule has 136 valence electrons. The Morgan fingerprint density at radius 3 is 2.48 bits per heavy atom. The highest BCUT2D eigenvalue weighted by atomic mass is 16.5. The van der Waals surface area contributed by atoms with E-state index in [4.69, 9.17) is 13.6 Å². The number of rotatable bonds is 4. The average Bonchev–Trinajstić information content (AvgIpc) is 3.03. The molecule has 0 saturated carbocycles. The first-order chi connectivity index (χ1) is 13.0. The third-order valence-corrected chi connectivity index (χ3v) is 4.59. The van der Waals surface area contributed by atoms with Crippen molar-refractivity contribution in [3.63, 3.8) is 0 Å². The topological polar surface area (TPSA) is 92.7 Å². The van der Waals surface area contributed by atoms with Crippen LogP contribution in [0.15, 0.2) is 56.1 Å². The van der Waals surface area contributed by atoms with Gasteiger partial charge in [0, 0.05) is 16.5 Å². The van der Waals surface area contributed by atoms with Gasteiger partial charge in [-0.3, -0.25) is 0 Å². The summed E-state index contributed by atoms with van der Waals surface area (Å²) in [6.07, 6.45) is 0. The highest BCUT2D eigenvalue weighted by molar-refractivity contribution is 6.05. The molecule has 2 heterocycles. The molecule has 0 spiro atoms. The van der Waals surface area contributed by atoms with Gasteiger partial charge in [-0.05, 0) is 43.5 Å².